The Labute approximate surface area is 134 Å². The molecule has 0 spiro atoms. The van der Waals surface area contributed by atoms with Crippen molar-refractivity contribution in [1.82, 2.24) is 10.4 Å². The first kappa shape index (κ1) is 16.0. The molecule has 1 amide bonds. The lowest BCUT2D eigenvalue weighted by Gasteiger charge is -2.14. The quantitative estimate of drug-likeness (QED) is 0.681. The highest BCUT2D eigenvalue weighted by molar-refractivity contribution is 6.30. The van der Waals surface area contributed by atoms with Gasteiger partial charge in [-0.05, 0) is 55.3 Å². The van der Waals surface area contributed by atoms with Crippen LogP contribution in [-0.4, -0.2) is 23.2 Å². The molecular formula is C16H16ClN3O2. The number of aromatic nitrogens is 1. The predicted octanol–water partition coefficient (Wildman–Crippen LogP) is 2.96. The van der Waals surface area contributed by atoms with Crippen LogP contribution in [0.25, 0.3) is 0 Å². The van der Waals surface area contributed by atoms with Crippen LogP contribution in [0.3, 0.4) is 0 Å². The summed E-state index contributed by atoms with van der Waals surface area (Å²) in [4.78, 5) is 15.8. The predicted molar refractivity (Wildman–Crippen MR) is 86.3 cm³/mol. The molecule has 1 N–H and O–H groups in total. The average Bonchev–Trinajstić information content (AvgIpc) is 2.51. The van der Waals surface area contributed by atoms with Gasteiger partial charge < -0.3 is 4.74 Å². The van der Waals surface area contributed by atoms with Crippen LogP contribution in [0, 0.1) is 6.92 Å². The van der Waals surface area contributed by atoms with E-state index in [9.17, 15) is 4.79 Å². The Balaban J connectivity index is 1.91. The lowest BCUT2D eigenvalue weighted by atomic mass is 10.2. The molecule has 5 nitrogen and oxygen atoms in total. The van der Waals surface area contributed by atoms with Crippen molar-refractivity contribution in [1.29, 1.82) is 0 Å². The van der Waals surface area contributed by atoms with Crippen LogP contribution in [0.4, 0.5) is 0 Å². The van der Waals surface area contributed by atoms with Crippen molar-refractivity contribution in [2.24, 2.45) is 5.10 Å². The van der Waals surface area contributed by atoms with Crippen LogP contribution < -0.4 is 10.2 Å². The van der Waals surface area contributed by atoms with E-state index in [2.05, 4.69) is 15.5 Å². The first-order valence-corrected chi connectivity index (χ1v) is 7.10. The van der Waals surface area contributed by atoms with Crippen LogP contribution >= 0.6 is 11.6 Å². The van der Waals surface area contributed by atoms with Gasteiger partial charge in [-0.25, -0.2) is 5.43 Å². The van der Waals surface area contributed by atoms with Gasteiger partial charge in [0.05, 0.1) is 6.21 Å². The topological polar surface area (TPSA) is 63.6 Å². The number of hydrogen-bond acceptors (Lipinski definition) is 4. The molecule has 114 valence electrons. The Morgan fingerprint density at radius 3 is 2.77 bits per heavy atom. The molecule has 0 radical (unpaired) electrons. The van der Waals surface area contributed by atoms with Gasteiger partial charge in [0.15, 0.2) is 6.10 Å². The zero-order chi connectivity index (χ0) is 15.9. The molecule has 0 aliphatic heterocycles. The Hall–Kier alpha value is -2.40. The highest BCUT2D eigenvalue weighted by Crippen LogP contribution is 2.22. The van der Waals surface area contributed by atoms with Crippen molar-refractivity contribution in [2.45, 2.75) is 20.0 Å². The third-order valence-electron chi connectivity index (χ3n) is 2.90. The number of hydrazone groups is 1. The highest BCUT2D eigenvalue weighted by atomic mass is 35.5. The Bertz CT molecular complexity index is 674. The standard InChI is InChI=1S/C16H16ClN3O2/c1-11-9-14(17)3-4-15(11)22-12(2)16(21)20-19-10-13-5-7-18-8-6-13/h3-10,12H,1-2H3,(H,20,21)/b19-10+. The summed E-state index contributed by atoms with van der Waals surface area (Å²) >= 11 is 5.88. The van der Waals surface area contributed by atoms with E-state index >= 15 is 0 Å². The van der Waals surface area contributed by atoms with Crippen LogP contribution in [0.5, 0.6) is 5.75 Å². The number of rotatable bonds is 5. The van der Waals surface area contributed by atoms with Gasteiger partial charge >= 0.3 is 0 Å². The van der Waals surface area contributed by atoms with E-state index in [4.69, 9.17) is 16.3 Å². The van der Waals surface area contributed by atoms with Gasteiger partial charge in [0.1, 0.15) is 5.75 Å². The molecule has 0 bridgehead atoms. The van der Waals surface area contributed by atoms with Crippen LogP contribution in [0.15, 0.2) is 47.8 Å². The maximum Gasteiger partial charge on any atom is 0.280 e. The highest BCUT2D eigenvalue weighted by Gasteiger charge is 2.15. The number of ether oxygens (including phenoxy) is 1. The number of hydrogen-bond donors (Lipinski definition) is 1. The van der Waals surface area contributed by atoms with E-state index in [1.165, 1.54) is 0 Å². The first-order valence-electron chi connectivity index (χ1n) is 6.72. The molecule has 0 aliphatic rings. The molecule has 1 atom stereocenters. The summed E-state index contributed by atoms with van der Waals surface area (Å²) in [5, 5.41) is 4.52. The molecule has 2 aromatic rings. The molecule has 6 heteroatoms. The maximum absolute atomic E-state index is 11.9. The van der Waals surface area contributed by atoms with Crippen molar-refractivity contribution in [2.75, 3.05) is 0 Å². The van der Waals surface area contributed by atoms with Crippen molar-refractivity contribution in [3.05, 3.63) is 58.9 Å². The minimum atomic E-state index is -0.672. The van der Waals surface area contributed by atoms with Gasteiger partial charge in [-0.1, -0.05) is 11.6 Å². The van der Waals surface area contributed by atoms with Gasteiger partial charge in [-0.3, -0.25) is 9.78 Å². The molecule has 0 saturated heterocycles. The Morgan fingerprint density at radius 2 is 2.09 bits per heavy atom. The Kier molecular flexibility index (Phi) is 5.49. The number of pyridine rings is 1. The lowest BCUT2D eigenvalue weighted by molar-refractivity contribution is -0.127. The molecule has 22 heavy (non-hydrogen) atoms. The van der Waals surface area contributed by atoms with Gasteiger partial charge in [0, 0.05) is 17.4 Å². The summed E-state index contributed by atoms with van der Waals surface area (Å²) in [6.07, 6.45) is 4.17. The van der Waals surface area contributed by atoms with Crippen molar-refractivity contribution in [3.8, 4) is 5.75 Å². The number of benzene rings is 1. The minimum absolute atomic E-state index is 0.334. The Morgan fingerprint density at radius 1 is 1.36 bits per heavy atom. The van der Waals surface area contributed by atoms with Crippen LogP contribution in [0.1, 0.15) is 18.1 Å². The summed E-state index contributed by atoms with van der Waals surface area (Å²) in [5.74, 6) is 0.282. The van der Waals surface area contributed by atoms with Crippen LogP contribution in [-0.2, 0) is 4.79 Å². The zero-order valence-electron chi connectivity index (χ0n) is 12.3. The fourth-order valence-corrected chi connectivity index (χ4v) is 1.93. The normalized spacial score (nSPS) is 12.1. The molecule has 2 rings (SSSR count). The molecule has 1 aromatic heterocycles. The molecule has 0 aliphatic carbocycles. The van der Waals surface area contributed by atoms with E-state index in [-0.39, 0.29) is 5.91 Å². The second-order valence-electron chi connectivity index (χ2n) is 4.68. The monoisotopic (exact) mass is 317 g/mol. The molecule has 1 unspecified atom stereocenters. The number of aryl methyl sites for hydroxylation is 1. The lowest BCUT2D eigenvalue weighted by Crippen LogP contribution is -2.33. The fourth-order valence-electron chi connectivity index (χ4n) is 1.70. The van der Waals surface area contributed by atoms with Crippen LogP contribution in [0.2, 0.25) is 5.02 Å². The van der Waals surface area contributed by atoms with Crippen molar-refractivity contribution < 1.29 is 9.53 Å². The molecule has 1 heterocycles. The molecule has 0 saturated carbocycles. The summed E-state index contributed by atoms with van der Waals surface area (Å²) < 4.78 is 5.61. The SMILES string of the molecule is Cc1cc(Cl)ccc1OC(C)C(=O)N/N=C/c1ccncc1. The van der Waals surface area contributed by atoms with Crippen molar-refractivity contribution >= 4 is 23.7 Å². The second-order valence-corrected chi connectivity index (χ2v) is 5.12. The number of carbonyl (C=O) groups is 1. The number of amides is 1. The van der Waals surface area contributed by atoms with E-state index < -0.39 is 6.10 Å². The third-order valence-corrected chi connectivity index (χ3v) is 3.14. The summed E-state index contributed by atoms with van der Waals surface area (Å²) in [6, 6.07) is 8.81. The van der Waals surface area contributed by atoms with E-state index in [1.54, 1.807) is 55.9 Å². The number of carbonyl (C=O) groups excluding carboxylic acids is 1. The first-order chi connectivity index (χ1) is 10.6. The number of nitrogens with zero attached hydrogens (tertiary/aromatic N) is 2. The second kappa shape index (κ2) is 7.56. The summed E-state index contributed by atoms with van der Waals surface area (Å²) in [7, 11) is 0. The number of nitrogens with one attached hydrogen (secondary N) is 1. The zero-order valence-corrected chi connectivity index (χ0v) is 13.0. The molecule has 1 aromatic carbocycles. The van der Waals surface area contributed by atoms with Gasteiger partial charge in [-0.15, -0.1) is 0 Å². The van der Waals surface area contributed by atoms with E-state index in [1.807, 2.05) is 6.92 Å². The fraction of sp³-hybridized carbons (Fsp3) is 0.188. The smallest absolute Gasteiger partial charge is 0.280 e. The average molecular weight is 318 g/mol. The largest absolute Gasteiger partial charge is 0.481 e. The van der Waals surface area contributed by atoms with Gasteiger partial charge in [0.2, 0.25) is 0 Å². The molecule has 0 fully saturated rings. The summed E-state index contributed by atoms with van der Waals surface area (Å²) in [6.45, 7) is 3.53. The van der Waals surface area contributed by atoms with Gasteiger partial charge in [-0.2, -0.15) is 5.10 Å². The minimum Gasteiger partial charge on any atom is -0.481 e. The third kappa shape index (κ3) is 4.56. The molecular weight excluding hydrogens is 302 g/mol. The van der Waals surface area contributed by atoms with E-state index in [0.717, 1.165) is 11.1 Å². The van der Waals surface area contributed by atoms with E-state index in [0.29, 0.717) is 10.8 Å². The summed E-state index contributed by atoms with van der Waals surface area (Å²) in [5.41, 5.74) is 4.15. The van der Waals surface area contributed by atoms with Gasteiger partial charge in [0.25, 0.3) is 5.91 Å². The van der Waals surface area contributed by atoms with Crippen molar-refractivity contribution in [3.63, 3.8) is 0 Å². The maximum atomic E-state index is 11.9. The number of halogens is 1.